The Kier molecular flexibility index (Phi) is 3.16. The van der Waals surface area contributed by atoms with Crippen molar-refractivity contribution in [2.75, 3.05) is 5.73 Å². The van der Waals surface area contributed by atoms with Gasteiger partial charge in [-0.1, -0.05) is 15.9 Å². The molecule has 0 radical (unpaired) electrons. The summed E-state index contributed by atoms with van der Waals surface area (Å²) in [5.74, 6) is 0.183. The van der Waals surface area contributed by atoms with Gasteiger partial charge in [-0.25, -0.2) is 4.98 Å². The Balaban J connectivity index is 2.15. The molecule has 3 nitrogen and oxygen atoms in total. The maximum absolute atomic E-state index is 12.7. The number of hydrogen-bond donors (Lipinski definition) is 1. The minimum Gasteiger partial charge on any atom is -0.436 e. The molecule has 2 N–H and O–H groups in total. The molecule has 3 aromatic rings. The quantitative estimate of drug-likeness (QED) is 0.633. The Bertz CT molecular complexity index is 827. The summed E-state index contributed by atoms with van der Waals surface area (Å²) in [4.78, 5) is 4.09. The fourth-order valence-electron chi connectivity index (χ4n) is 1.93. The van der Waals surface area contributed by atoms with E-state index >= 15 is 0 Å². The van der Waals surface area contributed by atoms with Crippen molar-refractivity contribution < 1.29 is 17.6 Å². The van der Waals surface area contributed by atoms with Gasteiger partial charge >= 0.3 is 6.18 Å². The topological polar surface area (TPSA) is 52.0 Å². The van der Waals surface area contributed by atoms with Gasteiger partial charge in [0.2, 0.25) is 5.89 Å². The van der Waals surface area contributed by atoms with E-state index in [9.17, 15) is 13.2 Å². The second-order valence-electron chi connectivity index (χ2n) is 4.43. The van der Waals surface area contributed by atoms with Crippen LogP contribution in [-0.2, 0) is 6.18 Å². The second kappa shape index (κ2) is 4.77. The molecular formula is C14H8BrF3N2O. The molecule has 7 heteroatoms. The smallest absolute Gasteiger partial charge is 0.416 e. The summed E-state index contributed by atoms with van der Waals surface area (Å²) >= 11 is 3.30. The molecule has 0 saturated heterocycles. The normalized spacial score (nSPS) is 12.0. The third-order valence-corrected chi connectivity index (χ3v) is 3.45. The Morgan fingerprint density at radius 3 is 2.57 bits per heavy atom. The number of rotatable bonds is 1. The fourth-order valence-corrected chi connectivity index (χ4v) is 2.29. The third kappa shape index (κ3) is 2.61. The highest BCUT2D eigenvalue weighted by atomic mass is 79.9. The molecule has 0 saturated carbocycles. The molecule has 0 amide bonds. The van der Waals surface area contributed by atoms with Gasteiger partial charge in [0.15, 0.2) is 5.58 Å². The van der Waals surface area contributed by atoms with Gasteiger partial charge in [-0.2, -0.15) is 13.2 Å². The highest BCUT2D eigenvalue weighted by molar-refractivity contribution is 9.10. The number of nitrogens with two attached hydrogens (primary N) is 1. The molecule has 1 aromatic heterocycles. The molecule has 108 valence electrons. The minimum atomic E-state index is -4.41. The van der Waals surface area contributed by atoms with Crippen LogP contribution in [0.1, 0.15) is 5.56 Å². The first-order chi connectivity index (χ1) is 9.84. The van der Waals surface area contributed by atoms with Crippen LogP contribution in [0.3, 0.4) is 0 Å². The first kappa shape index (κ1) is 13.9. The molecule has 0 aliphatic carbocycles. The summed E-state index contributed by atoms with van der Waals surface area (Å²) in [6.07, 6.45) is -4.41. The SMILES string of the molecule is Nc1ccc(Br)cc1-c1nc2cc(C(F)(F)F)ccc2o1. The first-order valence-corrected chi connectivity index (χ1v) is 6.67. The summed E-state index contributed by atoms with van der Waals surface area (Å²) in [5.41, 5.74) is 6.44. The molecule has 1 heterocycles. The van der Waals surface area contributed by atoms with Gasteiger partial charge in [-0.15, -0.1) is 0 Å². The Morgan fingerprint density at radius 1 is 1.10 bits per heavy atom. The monoisotopic (exact) mass is 356 g/mol. The van der Waals surface area contributed by atoms with E-state index < -0.39 is 11.7 Å². The molecule has 0 fully saturated rings. The zero-order valence-corrected chi connectivity index (χ0v) is 12.0. The van der Waals surface area contributed by atoms with Crippen molar-refractivity contribution in [1.82, 2.24) is 4.98 Å². The van der Waals surface area contributed by atoms with Crippen molar-refractivity contribution >= 4 is 32.7 Å². The molecule has 3 rings (SSSR count). The summed E-state index contributed by atoms with van der Waals surface area (Å²) in [5, 5.41) is 0. The summed E-state index contributed by atoms with van der Waals surface area (Å²) in [6, 6.07) is 8.28. The van der Waals surface area contributed by atoms with Crippen LogP contribution in [0.5, 0.6) is 0 Å². The lowest BCUT2D eigenvalue weighted by molar-refractivity contribution is -0.137. The van der Waals surface area contributed by atoms with Crippen molar-refractivity contribution in [3.05, 3.63) is 46.4 Å². The van der Waals surface area contributed by atoms with E-state index in [-0.39, 0.29) is 17.0 Å². The fraction of sp³-hybridized carbons (Fsp3) is 0.0714. The second-order valence-corrected chi connectivity index (χ2v) is 5.35. The van der Waals surface area contributed by atoms with Crippen LogP contribution in [0.25, 0.3) is 22.6 Å². The molecule has 0 unspecified atom stereocenters. The van der Waals surface area contributed by atoms with Crippen LogP contribution in [0, 0.1) is 0 Å². The third-order valence-electron chi connectivity index (χ3n) is 2.96. The molecule has 0 bridgehead atoms. The average molecular weight is 357 g/mol. The first-order valence-electron chi connectivity index (χ1n) is 5.88. The van der Waals surface area contributed by atoms with E-state index in [0.29, 0.717) is 11.3 Å². The molecule has 0 spiro atoms. The largest absolute Gasteiger partial charge is 0.436 e. The van der Waals surface area contributed by atoms with Crippen molar-refractivity contribution in [3.63, 3.8) is 0 Å². The lowest BCUT2D eigenvalue weighted by Crippen LogP contribution is -2.03. The number of nitrogens with zero attached hydrogens (tertiary/aromatic N) is 1. The van der Waals surface area contributed by atoms with Crippen molar-refractivity contribution in [3.8, 4) is 11.5 Å². The number of hydrogen-bond acceptors (Lipinski definition) is 3. The van der Waals surface area contributed by atoms with E-state index in [4.69, 9.17) is 10.2 Å². The van der Waals surface area contributed by atoms with Crippen LogP contribution in [0.2, 0.25) is 0 Å². The summed E-state index contributed by atoms with van der Waals surface area (Å²) in [7, 11) is 0. The van der Waals surface area contributed by atoms with E-state index in [0.717, 1.165) is 16.6 Å². The number of anilines is 1. The van der Waals surface area contributed by atoms with Gasteiger partial charge in [0.05, 0.1) is 11.1 Å². The number of benzene rings is 2. The van der Waals surface area contributed by atoms with Crippen LogP contribution < -0.4 is 5.73 Å². The number of halogens is 4. The maximum atomic E-state index is 12.7. The zero-order valence-electron chi connectivity index (χ0n) is 10.4. The van der Waals surface area contributed by atoms with Crippen LogP contribution in [0.4, 0.5) is 18.9 Å². The molecular weight excluding hydrogens is 349 g/mol. The lowest BCUT2D eigenvalue weighted by atomic mass is 10.2. The van der Waals surface area contributed by atoms with Crippen LogP contribution >= 0.6 is 15.9 Å². The summed E-state index contributed by atoms with van der Waals surface area (Å²) in [6.45, 7) is 0. The molecule has 2 aromatic carbocycles. The highest BCUT2D eigenvalue weighted by Gasteiger charge is 2.31. The van der Waals surface area contributed by atoms with Gasteiger partial charge in [0, 0.05) is 10.2 Å². The molecule has 0 aliphatic rings. The van der Waals surface area contributed by atoms with Gasteiger partial charge in [0.1, 0.15) is 5.52 Å². The average Bonchev–Trinajstić information content (AvgIpc) is 2.83. The van der Waals surface area contributed by atoms with Gasteiger partial charge < -0.3 is 10.2 Å². The standard InChI is InChI=1S/C14H8BrF3N2O/c15-8-2-3-10(19)9(6-8)13-20-11-5-7(14(16,17)18)1-4-12(11)21-13/h1-6H,19H2. The van der Waals surface area contributed by atoms with Crippen LogP contribution in [-0.4, -0.2) is 4.98 Å². The maximum Gasteiger partial charge on any atom is 0.416 e. The van der Waals surface area contributed by atoms with E-state index in [1.54, 1.807) is 18.2 Å². The predicted octanol–water partition coefficient (Wildman–Crippen LogP) is 4.86. The molecule has 0 atom stereocenters. The number of alkyl halides is 3. The van der Waals surface area contributed by atoms with Gasteiger partial charge in [-0.05, 0) is 36.4 Å². The van der Waals surface area contributed by atoms with Crippen molar-refractivity contribution in [2.45, 2.75) is 6.18 Å². The predicted molar refractivity (Wildman–Crippen MR) is 76.6 cm³/mol. The Labute approximate surface area is 125 Å². The zero-order chi connectivity index (χ0) is 15.2. The molecule has 21 heavy (non-hydrogen) atoms. The van der Waals surface area contributed by atoms with Gasteiger partial charge in [-0.3, -0.25) is 0 Å². The van der Waals surface area contributed by atoms with Crippen molar-refractivity contribution in [2.24, 2.45) is 0 Å². The van der Waals surface area contributed by atoms with Crippen molar-refractivity contribution in [1.29, 1.82) is 0 Å². The Morgan fingerprint density at radius 2 is 1.86 bits per heavy atom. The van der Waals surface area contributed by atoms with E-state index in [1.165, 1.54) is 6.07 Å². The molecule has 0 aliphatic heterocycles. The number of oxazole rings is 1. The van der Waals surface area contributed by atoms with E-state index in [2.05, 4.69) is 20.9 Å². The Hall–Kier alpha value is -2.02. The highest BCUT2D eigenvalue weighted by Crippen LogP contribution is 2.34. The van der Waals surface area contributed by atoms with Crippen LogP contribution in [0.15, 0.2) is 45.3 Å². The van der Waals surface area contributed by atoms with E-state index in [1.807, 2.05) is 0 Å². The minimum absolute atomic E-state index is 0.138. The number of fused-ring (bicyclic) bond motifs is 1. The number of nitrogen functional groups attached to an aromatic ring is 1. The lowest BCUT2D eigenvalue weighted by Gasteiger charge is -2.04. The number of aromatic nitrogens is 1. The van der Waals surface area contributed by atoms with Gasteiger partial charge in [0.25, 0.3) is 0 Å². The summed E-state index contributed by atoms with van der Waals surface area (Å²) < 4.78 is 44.3.